The number of amides is 1. The number of halogens is 3. The van der Waals surface area contributed by atoms with Crippen LogP contribution in [0.1, 0.15) is 20.9 Å². The van der Waals surface area contributed by atoms with Crippen LogP contribution >= 0.6 is 11.3 Å². The van der Waals surface area contributed by atoms with E-state index in [0.717, 1.165) is 33.6 Å². The van der Waals surface area contributed by atoms with Gasteiger partial charge in [0.15, 0.2) is 17.5 Å². The summed E-state index contributed by atoms with van der Waals surface area (Å²) in [5.74, 6) is -4.96. The summed E-state index contributed by atoms with van der Waals surface area (Å²) in [4.78, 5) is 13.6. The fourth-order valence-corrected chi connectivity index (χ4v) is 3.95. The predicted octanol–water partition coefficient (Wildman–Crippen LogP) is 5.12. The molecule has 4 rings (SSSR count). The van der Waals surface area contributed by atoms with Crippen molar-refractivity contribution in [2.45, 2.75) is 13.5 Å². The highest BCUT2D eigenvalue weighted by Crippen LogP contribution is 2.30. The number of hydrogen-bond acceptors (Lipinski definition) is 3. The third-order valence-electron chi connectivity index (χ3n) is 4.29. The summed E-state index contributed by atoms with van der Waals surface area (Å²) in [7, 11) is 0. The van der Waals surface area contributed by atoms with Crippen molar-refractivity contribution < 1.29 is 18.0 Å². The van der Waals surface area contributed by atoms with E-state index in [0.29, 0.717) is 11.4 Å². The molecule has 0 radical (unpaired) electrons. The monoisotopic (exact) mass is 401 g/mol. The molecule has 0 aliphatic carbocycles. The van der Waals surface area contributed by atoms with E-state index in [-0.39, 0.29) is 0 Å². The lowest BCUT2D eigenvalue weighted by Gasteiger charge is -2.06. The fourth-order valence-electron chi connectivity index (χ4n) is 2.89. The van der Waals surface area contributed by atoms with Crippen molar-refractivity contribution in [2.24, 2.45) is 0 Å². The number of nitrogens with one attached hydrogen (secondary N) is 1. The normalized spacial score (nSPS) is 11.1. The highest BCUT2D eigenvalue weighted by atomic mass is 32.1. The van der Waals surface area contributed by atoms with Crippen molar-refractivity contribution in [3.8, 4) is 0 Å². The molecule has 0 saturated carbocycles. The van der Waals surface area contributed by atoms with Crippen LogP contribution in [-0.2, 0) is 6.54 Å². The molecule has 1 N–H and O–H groups in total. The number of hydrogen-bond donors (Lipinski definition) is 1. The number of nitrogens with zero attached hydrogens (tertiary/aromatic N) is 2. The van der Waals surface area contributed by atoms with Gasteiger partial charge in [-0.3, -0.25) is 9.48 Å². The molecule has 28 heavy (non-hydrogen) atoms. The summed E-state index contributed by atoms with van der Waals surface area (Å²) in [6, 6.07) is 13.2. The maximum Gasteiger partial charge on any atom is 0.265 e. The molecule has 0 unspecified atom stereocenters. The van der Waals surface area contributed by atoms with Gasteiger partial charge in [0.25, 0.3) is 5.91 Å². The van der Waals surface area contributed by atoms with Gasteiger partial charge in [-0.2, -0.15) is 5.10 Å². The SMILES string of the molecule is Cc1nn(Cc2ccccc2)c2sc(C(=O)Nc3ccc(F)c(F)c3F)cc12. The fraction of sp³-hybridized carbons (Fsp3) is 0.100. The predicted molar refractivity (Wildman–Crippen MR) is 102 cm³/mol. The van der Waals surface area contributed by atoms with E-state index in [2.05, 4.69) is 10.4 Å². The van der Waals surface area contributed by atoms with Gasteiger partial charge in [0.05, 0.1) is 22.8 Å². The van der Waals surface area contributed by atoms with Crippen LogP contribution in [0.25, 0.3) is 10.2 Å². The van der Waals surface area contributed by atoms with Crippen molar-refractivity contribution in [3.63, 3.8) is 0 Å². The molecule has 0 aliphatic rings. The number of aryl methyl sites for hydroxylation is 1. The van der Waals surface area contributed by atoms with E-state index in [4.69, 9.17) is 0 Å². The Morgan fingerprint density at radius 3 is 2.61 bits per heavy atom. The van der Waals surface area contributed by atoms with Crippen LogP contribution in [0, 0.1) is 24.4 Å². The summed E-state index contributed by atoms with van der Waals surface area (Å²) in [5.41, 5.74) is 1.42. The van der Waals surface area contributed by atoms with E-state index < -0.39 is 29.0 Å². The molecular weight excluding hydrogens is 387 g/mol. The Morgan fingerprint density at radius 1 is 1.11 bits per heavy atom. The summed E-state index contributed by atoms with van der Waals surface area (Å²) in [6.07, 6.45) is 0. The number of rotatable bonds is 4. The van der Waals surface area contributed by atoms with Gasteiger partial charge in [0, 0.05) is 5.39 Å². The van der Waals surface area contributed by atoms with Crippen LogP contribution in [0.3, 0.4) is 0 Å². The van der Waals surface area contributed by atoms with E-state index in [1.807, 2.05) is 37.3 Å². The lowest BCUT2D eigenvalue weighted by atomic mass is 10.2. The Bertz CT molecular complexity index is 1180. The highest BCUT2D eigenvalue weighted by molar-refractivity contribution is 7.20. The number of benzene rings is 2. The van der Waals surface area contributed by atoms with Crippen molar-refractivity contribution in [3.05, 3.63) is 82.1 Å². The Kier molecular flexibility index (Phi) is 4.64. The van der Waals surface area contributed by atoms with Gasteiger partial charge in [-0.25, -0.2) is 13.2 Å². The lowest BCUT2D eigenvalue weighted by Crippen LogP contribution is -2.12. The molecule has 4 nitrogen and oxygen atoms in total. The maximum absolute atomic E-state index is 13.8. The smallest absolute Gasteiger partial charge is 0.265 e. The third-order valence-corrected chi connectivity index (χ3v) is 5.44. The largest absolute Gasteiger partial charge is 0.319 e. The van der Waals surface area contributed by atoms with Gasteiger partial charge in [-0.1, -0.05) is 30.3 Å². The van der Waals surface area contributed by atoms with E-state index in [1.54, 1.807) is 10.7 Å². The number of carbonyl (C=O) groups is 1. The summed E-state index contributed by atoms with van der Waals surface area (Å²) >= 11 is 1.20. The van der Waals surface area contributed by atoms with Crippen molar-refractivity contribution >= 4 is 33.1 Å². The second-order valence-corrected chi connectivity index (χ2v) is 7.27. The van der Waals surface area contributed by atoms with Gasteiger partial charge >= 0.3 is 0 Å². The topological polar surface area (TPSA) is 46.9 Å². The first kappa shape index (κ1) is 18.2. The quantitative estimate of drug-likeness (QED) is 0.482. The number of carbonyl (C=O) groups excluding carboxylic acids is 1. The zero-order valence-corrected chi connectivity index (χ0v) is 15.5. The van der Waals surface area contributed by atoms with Crippen LogP contribution in [-0.4, -0.2) is 15.7 Å². The summed E-state index contributed by atoms with van der Waals surface area (Å²) in [5, 5.41) is 7.62. The molecule has 2 aromatic heterocycles. The average molecular weight is 401 g/mol. The zero-order chi connectivity index (χ0) is 19.8. The van der Waals surface area contributed by atoms with Crippen LogP contribution in [0.4, 0.5) is 18.9 Å². The number of fused-ring (bicyclic) bond motifs is 1. The van der Waals surface area contributed by atoms with Gasteiger partial charge < -0.3 is 5.32 Å². The molecule has 2 aromatic carbocycles. The molecule has 0 fully saturated rings. The minimum absolute atomic E-state index is 0.321. The van der Waals surface area contributed by atoms with Crippen LogP contribution in [0.15, 0.2) is 48.5 Å². The lowest BCUT2D eigenvalue weighted by molar-refractivity contribution is 0.103. The van der Waals surface area contributed by atoms with E-state index in [9.17, 15) is 18.0 Å². The van der Waals surface area contributed by atoms with Crippen molar-refractivity contribution in [1.82, 2.24) is 9.78 Å². The van der Waals surface area contributed by atoms with Gasteiger partial charge in [-0.15, -0.1) is 11.3 Å². The minimum Gasteiger partial charge on any atom is -0.319 e. The molecule has 0 bridgehead atoms. The molecule has 1 amide bonds. The van der Waals surface area contributed by atoms with Gasteiger partial charge in [-0.05, 0) is 30.7 Å². The number of thiophene rings is 1. The Hall–Kier alpha value is -3.13. The molecule has 0 saturated heterocycles. The number of aromatic nitrogens is 2. The first-order valence-corrected chi connectivity index (χ1v) is 9.21. The summed E-state index contributed by atoms with van der Waals surface area (Å²) < 4.78 is 42.0. The van der Waals surface area contributed by atoms with Crippen LogP contribution < -0.4 is 5.32 Å². The Morgan fingerprint density at radius 2 is 1.86 bits per heavy atom. The molecule has 0 aliphatic heterocycles. The van der Waals surface area contributed by atoms with Crippen molar-refractivity contribution in [1.29, 1.82) is 0 Å². The average Bonchev–Trinajstić information content (AvgIpc) is 3.25. The Balaban J connectivity index is 1.64. The molecule has 142 valence electrons. The highest BCUT2D eigenvalue weighted by Gasteiger charge is 2.19. The molecule has 4 aromatic rings. The van der Waals surface area contributed by atoms with E-state index in [1.165, 1.54) is 11.3 Å². The molecule has 2 heterocycles. The van der Waals surface area contributed by atoms with Crippen LogP contribution in [0.2, 0.25) is 0 Å². The molecule has 0 atom stereocenters. The zero-order valence-electron chi connectivity index (χ0n) is 14.7. The molecule has 8 heteroatoms. The second-order valence-electron chi connectivity index (χ2n) is 6.24. The minimum atomic E-state index is -1.62. The van der Waals surface area contributed by atoms with E-state index >= 15 is 0 Å². The van der Waals surface area contributed by atoms with Crippen molar-refractivity contribution in [2.75, 3.05) is 5.32 Å². The summed E-state index contributed by atoms with van der Waals surface area (Å²) in [6.45, 7) is 2.39. The molecule has 0 spiro atoms. The van der Waals surface area contributed by atoms with Crippen LogP contribution in [0.5, 0.6) is 0 Å². The number of anilines is 1. The Labute approximate surface area is 162 Å². The third kappa shape index (κ3) is 3.27. The second kappa shape index (κ2) is 7.12. The maximum atomic E-state index is 13.8. The standard InChI is InChI=1S/C20H14F3N3OS/c1-11-13-9-16(19(27)24-15-8-7-14(21)17(22)18(15)23)28-20(13)26(25-11)10-12-5-3-2-4-6-12/h2-9H,10H2,1H3,(H,24,27). The first-order chi connectivity index (χ1) is 13.4. The molecular formula is C20H14F3N3OS. The van der Waals surface area contributed by atoms with Gasteiger partial charge in [0.2, 0.25) is 0 Å². The first-order valence-electron chi connectivity index (χ1n) is 8.40. The van der Waals surface area contributed by atoms with Gasteiger partial charge in [0.1, 0.15) is 4.83 Å².